The van der Waals surface area contributed by atoms with Crippen molar-refractivity contribution in [3.63, 3.8) is 0 Å². The van der Waals surface area contributed by atoms with Gasteiger partial charge in [-0.2, -0.15) is 0 Å². The molecule has 1 amide bonds. The summed E-state index contributed by atoms with van der Waals surface area (Å²) in [6.07, 6.45) is 5.06. The van der Waals surface area contributed by atoms with Gasteiger partial charge in [-0.1, -0.05) is 12.1 Å². The second kappa shape index (κ2) is 8.42. The van der Waals surface area contributed by atoms with Crippen LogP contribution in [0, 0.1) is 0 Å². The van der Waals surface area contributed by atoms with Gasteiger partial charge in [0.05, 0.1) is 13.2 Å². The third-order valence-electron chi connectivity index (χ3n) is 4.17. The Balaban J connectivity index is 1.49. The van der Waals surface area contributed by atoms with Gasteiger partial charge < -0.3 is 19.5 Å². The van der Waals surface area contributed by atoms with Crippen LogP contribution in [-0.4, -0.2) is 25.7 Å². The van der Waals surface area contributed by atoms with Crippen molar-refractivity contribution in [2.24, 2.45) is 0 Å². The van der Waals surface area contributed by atoms with Crippen LogP contribution in [0.1, 0.15) is 25.7 Å². The molecule has 2 aromatic carbocycles. The zero-order valence-corrected chi connectivity index (χ0v) is 14.4. The summed E-state index contributed by atoms with van der Waals surface area (Å²) < 4.78 is 16.6. The van der Waals surface area contributed by atoms with Gasteiger partial charge in [0.2, 0.25) is 0 Å². The molecular weight excluding hydrogens is 318 g/mol. The molecule has 1 aliphatic carbocycles. The van der Waals surface area contributed by atoms with Crippen LogP contribution in [0.15, 0.2) is 48.5 Å². The number of benzene rings is 2. The topological polar surface area (TPSA) is 56.8 Å². The molecule has 132 valence electrons. The average Bonchev–Trinajstić information content (AvgIpc) is 3.15. The Morgan fingerprint density at radius 1 is 1.04 bits per heavy atom. The van der Waals surface area contributed by atoms with Gasteiger partial charge in [0.25, 0.3) is 5.91 Å². The monoisotopic (exact) mass is 341 g/mol. The molecule has 0 aromatic heterocycles. The summed E-state index contributed by atoms with van der Waals surface area (Å²) in [6.45, 7) is -0.0826. The van der Waals surface area contributed by atoms with Gasteiger partial charge in [-0.3, -0.25) is 4.79 Å². The van der Waals surface area contributed by atoms with Crippen molar-refractivity contribution in [1.29, 1.82) is 0 Å². The number of anilines is 1. The molecule has 0 saturated heterocycles. The molecule has 3 rings (SSSR count). The molecule has 2 aromatic rings. The number of amides is 1. The summed E-state index contributed by atoms with van der Waals surface area (Å²) in [5, 5.41) is 2.81. The SMILES string of the molecule is COc1ccccc1OCC(=O)Nc1ccc(OC2CCCC2)cc1. The standard InChI is InChI=1S/C20H23NO4/c1-23-18-8-4-5-9-19(18)24-14-20(22)21-15-10-12-17(13-11-15)25-16-6-2-3-7-16/h4-5,8-13,16H,2-3,6-7,14H2,1H3,(H,21,22). The Bertz CT molecular complexity index is 693. The molecule has 0 radical (unpaired) electrons. The number of hydrogen-bond acceptors (Lipinski definition) is 4. The number of hydrogen-bond donors (Lipinski definition) is 1. The van der Waals surface area contributed by atoms with E-state index < -0.39 is 0 Å². The second-order valence-corrected chi connectivity index (χ2v) is 6.04. The Morgan fingerprint density at radius 2 is 1.72 bits per heavy atom. The lowest BCUT2D eigenvalue weighted by atomic mass is 10.2. The Hall–Kier alpha value is -2.69. The second-order valence-electron chi connectivity index (χ2n) is 6.04. The average molecular weight is 341 g/mol. The van der Waals surface area contributed by atoms with E-state index in [2.05, 4.69) is 5.32 Å². The van der Waals surface area contributed by atoms with Crippen LogP contribution in [0.3, 0.4) is 0 Å². The van der Waals surface area contributed by atoms with E-state index in [1.165, 1.54) is 12.8 Å². The smallest absolute Gasteiger partial charge is 0.262 e. The van der Waals surface area contributed by atoms with Crippen molar-refractivity contribution in [3.8, 4) is 17.2 Å². The first kappa shape index (κ1) is 17.1. The Labute approximate surface area is 147 Å². The van der Waals surface area contributed by atoms with E-state index >= 15 is 0 Å². The maximum absolute atomic E-state index is 12.0. The molecule has 5 heteroatoms. The van der Waals surface area contributed by atoms with Crippen LogP contribution in [-0.2, 0) is 4.79 Å². The lowest BCUT2D eigenvalue weighted by Crippen LogP contribution is -2.20. The molecule has 1 fully saturated rings. The quantitative estimate of drug-likeness (QED) is 0.826. The minimum Gasteiger partial charge on any atom is -0.493 e. The number of nitrogens with one attached hydrogen (secondary N) is 1. The van der Waals surface area contributed by atoms with E-state index in [0.29, 0.717) is 23.3 Å². The van der Waals surface area contributed by atoms with Crippen LogP contribution >= 0.6 is 0 Å². The minimum atomic E-state index is -0.227. The highest BCUT2D eigenvalue weighted by Gasteiger charge is 2.16. The molecule has 0 atom stereocenters. The molecule has 25 heavy (non-hydrogen) atoms. The molecule has 1 saturated carbocycles. The van der Waals surface area contributed by atoms with Gasteiger partial charge in [0, 0.05) is 5.69 Å². The highest BCUT2D eigenvalue weighted by molar-refractivity contribution is 5.91. The first-order valence-corrected chi connectivity index (χ1v) is 8.57. The van der Waals surface area contributed by atoms with Crippen molar-refractivity contribution in [2.45, 2.75) is 31.8 Å². The Morgan fingerprint density at radius 3 is 2.40 bits per heavy atom. The van der Waals surface area contributed by atoms with Crippen LogP contribution < -0.4 is 19.5 Å². The fourth-order valence-electron chi connectivity index (χ4n) is 2.89. The van der Waals surface area contributed by atoms with Gasteiger partial charge in [0.15, 0.2) is 18.1 Å². The lowest BCUT2D eigenvalue weighted by Gasteiger charge is -2.13. The first-order chi connectivity index (χ1) is 12.2. The fraction of sp³-hybridized carbons (Fsp3) is 0.350. The van der Waals surface area contributed by atoms with E-state index in [1.807, 2.05) is 36.4 Å². The number of carbonyl (C=O) groups is 1. The van der Waals surface area contributed by atoms with Crippen molar-refractivity contribution < 1.29 is 19.0 Å². The van der Waals surface area contributed by atoms with Crippen LogP contribution in [0.2, 0.25) is 0 Å². The molecule has 5 nitrogen and oxygen atoms in total. The molecule has 1 N–H and O–H groups in total. The van der Waals surface area contributed by atoms with Gasteiger partial charge in [0.1, 0.15) is 5.75 Å². The largest absolute Gasteiger partial charge is 0.493 e. The van der Waals surface area contributed by atoms with Crippen molar-refractivity contribution >= 4 is 11.6 Å². The summed E-state index contributed by atoms with van der Waals surface area (Å²) >= 11 is 0. The molecule has 0 unspecified atom stereocenters. The van der Waals surface area contributed by atoms with Gasteiger partial charge in [-0.15, -0.1) is 0 Å². The minimum absolute atomic E-state index is 0.0826. The highest BCUT2D eigenvalue weighted by atomic mass is 16.5. The van der Waals surface area contributed by atoms with Crippen LogP contribution in [0.4, 0.5) is 5.69 Å². The third kappa shape index (κ3) is 4.89. The fourth-order valence-corrected chi connectivity index (χ4v) is 2.89. The number of methoxy groups -OCH3 is 1. The predicted octanol–water partition coefficient (Wildman–Crippen LogP) is 4.03. The third-order valence-corrected chi connectivity index (χ3v) is 4.17. The van der Waals surface area contributed by atoms with Crippen molar-refractivity contribution in [1.82, 2.24) is 0 Å². The van der Waals surface area contributed by atoms with E-state index in [9.17, 15) is 4.79 Å². The summed E-state index contributed by atoms with van der Waals surface area (Å²) in [5.41, 5.74) is 0.715. The van der Waals surface area contributed by atoms with E-state index in [0.717, 1.165) is 18.6 Å². The zero-order chi connectivity index (χ0) is 17.5. The molecule has 0 heterocycles. The lowest BCUT2D eigenvalue weighted by molar-refractivity contribution is -0.118. The van der Waals surface area contributed by atoms with Crippen LogP contribution in [0.5, 0.6) is 17.2 Å². The highest BCUT2D eigenvalue weighted by Crippen LogP contribution is 2.26. The van der Waals surface area contributed by atoms with E-state index in [1.54, 1.807) is 19.2 Å². The number of rotatable bonds is 7. The molecule has 0 aliphatic heterocycles. The summed E-state index contributed by atoms with van der Waals surface area (Å²) in [5.74, 6) is 1.76. The summed E-state index contributed by atoms with van der Waals surface area (Å²) in [4.78, 5) is 12.0. The Kier molecular flexibility index (Phi) is 5.77. The summed E-state index contributed by atoms with van der Waals surface area (Å²) in [6, 6.07) is 14.7. The van der Waals surface area contributed by atoms with Crippen molar-refractivity contribution in [2.75, 3.05) is 19.0 Å². The number of para-hydroxylation sites is 2. The number of ether oxygens (including phenoxy) is 3. The normalized spacial score (nSPS) is 14.1. The number of carbonyl (C=O) groups excluding carboxylic acids is 1. The van der Waals surface area contributed by atoms with Gasteiger partial charge >= 0.3 is 0 Å². The molecule has 0 spiro atoms. The molecular formula is C20H23NO4. The maximum atomic E-state index is 12.0. The van der Waals surface area contributed by atoms with E-state index in [-0.39, 0.29) is 12.5 Å². The van der Waals surface area contributed by atoms with E-state index in [4.69, 9.17) is 14.2 Å². The first-order valence-electron chi connectivity index (χ1n) is 8.57. The zero-order valence-electron chi connectivity index (χ0n) is 14.4. The molecule has 0 bridgehead atoms. The van der Waals surface area contributed by atoms with Crippen LogP contribution in [0.25, 0.3) is 0 Å². The predicted molar refractivity (Wildman–Crippen MR) is 96.4 cm³/mol. The van der Waals surface area contributed by atoms with Gasteiger partial charge in [-0.25, -0.2) is 0 Å². The van der Waals surface area contributed by atoms with Crippen molar-refractivity contribution in [3.05, 3.63) is 48.5 Å². The van der Waals surface area contributed by atoms with Gasteiger partial charge in [-0.05, 0) is 62.1 Å². The maximum Gasteiger partial charge on any atom is 0.262 e. The molecule has 1 aliphatic rings. The summed E-state index contributed by atoms with van der Waals surface area (Å²) in [7, 11) is 1.57.